The predicted molar refractivity (Wildman–Crippen MR) is 120 cm³/mol. The van der Waals surface area contributed by atoms with Crippen LogP contribution in [0.4, 0.5) is 11.6 Å². The smallest absolute Gasteiger partial charge is 0.227 e. The van der Waals surface area contributed by atoms with Crippen LogP contribution >= 0.6 is 0 Å². The second kappa shape index (κ2) is 8.67. The molecule has 0 radical (unpaired) electrons. The van der Waals surface area contributed by atoms with Gasteiger partial charge < -0.3 is 10.1 Å². The zero-order valence-electron chi connectivity index (χ0n) is 17.0. The molecule has 1 fully saturated rings. The number of benzene rings is 2. The quantitative estimate of drug-likeness (QED) is 0.572. The zero-order chi connectivity index (χ0) is 20.2. The Balaban J connectivity index is 1.47. The molecule has 5 heteroatoms. The Bertz CT molecular complexity index is 1040. The van der Waals surface area contributed by atoms with Gasteiger partial charge in [-0.25, -0.2) is 9.97 Å². The van der Waals surface area contributed by atoms with Crippen molar-refractivity contribution in [1.82, 2.24) is 14.9 Å². The van der Waals surface area contributed by atoms with E-state index in [0.717, 1.165) is 42.2 Å². The topological polar surface area (TPSA) is 50.3 Å². The Labute approximate surface area is 177 Å². The van der Waals surface area contributed by atoms with Crippen LogP contribution in [0, 0.1) is 0 Å². The fraction of sp³-hybridized carbons (Fsp3) is 0.280. The minimum atomic E-state index is 0.596. The van der Waals surface area contributed by atoms with E-state index in [1.54, 1.807) is 6.20 Å². The van der Waals surface area contributed by atoms with Crippen molar-refractivity contribution < 1.29 is 4.74 Å². The summed E-state index contributed by atoms with van der Waals surface area (Å²) in [6, 6.07) is 19.3. The highest BCUT2D eigenvalue weighted by Gasteiger charge is 2.28. The Kier molecular flexibility index (Phi) is 5.44. The van der Waals surface area contributed by atoms with Gasteiger partial charge >= 0.3 is 0 Å². The predicted octanol–water partition coefficient (Wildman–Crippen LogP) is 5.19. The second-order valence-corrected chi connectivity index (χ2v) is 7.89. The summed E-state index contributed by atoms with van der Waals surface area (Å²) in [5, 5.41) is 3.37. The average molecular weight is 399 g/mol. The SMILES string of the molecule is C1=C/CN(C2CC2)Cc2cccc(c2)Nc2nccc(n2)-c2cccc(c2)OCC/1. The molecule has 30 heavy (non-hydrogen) atoms. The van der Waals surface area contributed by atoms with E-state index >= 15 is 0 Å². The maximum atomic E-state index is 5.96. The van der Waals surface area contributed by atoms with Gasteiger partial charge in [0.1, 0.15) is 5.75 Å². The molecule has 3 aromatic rings. The van der Waals surface area contributed by atoms with E-state index in [1.807, 2.05) is 30.3 Å². The first-order valence-electron chi connectivity index (χ1n) is 10.6. The lowest BCUT2D eigenvalue weighted by molar-refractivity contribution is 0.283. The lowest BCUT2D eigenvalue weighted by Crippen LogP contribution is -2.25. The van der Waals surface area contributed by atoms with Crippen molar-refractivity contribution in [2.75, 3.05) is 18.5 Å². The van der Waals surface area contributed by atoms with Gasteiger partial charge in [0.05, 0.1) is 12.3 Å². The van der Waals surface area contributed by atoms with E-state index < -0.39 is 0 Å². The van der Waals surface area contributed by atoms with Crippen molar-refractivity contribution in [1.29, 1.82) is 0 Å². The maximum absolute atomic E-state index is 5.96. The molecule has 5 nitrogen and oxygen atoms in total. The van der Waals surface area contributed by atoms with Crippen molar-refractivity contribution in [3.63, 3.8) is 0 Å². The highest BCUT2D eigenvalue weighted by Crippen LogP contribution is 2.29. The van der Waals surface area contributed by atoms with E-state index in [4.69, 9.17) is 9.72 Å². The van der Waals surface area contributed by atoms with Crippen LogP contribution in [0.15, 0.2) is 72.9 Å². The van der Waals surface area contributed by atoms with Crippen LogP contribution in [0.1, 0.15) is 24.8 Å². The summed E-state index contributed by atoms with van der Waals surface area (Å²) in [5.74, 6) is 1.46. The van der Waals surface area contributed by atoms with Crippen LogP contribution in [-0.4, -0.2) is 34.1 Å². The molecule has 1 aliphatic carbocycles. The van der Waals surface area contributed by atoms with Gasteiger partial charge in [0, 0.05) is 36.6 Å². The standard InChI is InChI=1S/C25H26N4O/c1-2-14-29(22-10-11-22)18-19-6-4-8-21(16-19)27-25-26-13-12-24(28-25)20-7-5-9-23(17-20)30-15-3-1/h1-2,4-9,12-13,16-17,22H,3,10-11,14-15,18H2,(H,26,27,28)/b2-1+. The highest BCUT2D eigenvalue weighted by molar-refractivity contribution is 5.63. The van der Waals surface area contributed by atoms with Gasteiger partial charge in [0.25, 0.3) is 0 Å². The van der Waals surface area contributed by atoms with Crippen molar-refractivity contribution in [3.8, 4) is 17.0 Å². The lowest BCUT2D eigenvalue weighted by Gasteiger charge is -2.21. The summed E-state index contributed by atoms with van der Waals surface area (Å²) in [6.07, 6.45) is 9.80. The van der Waals surface area contributed by atoms with Crippen LogP contribution in [0.2, 0.25) is 0 Å². The highest BCUT2D eigenvalue weighted by atomic mass is 16.5. The molecule has 0 saturated heterocycles. The normalized spacial score (nSPS) is 18.4. The van der Waals surface area contributed by atoms with E-state index in [1.165, 1.54) is 18.4 Å². The second-order valence-electron chi connectivity index (χ2n) is 7.89. The molecule has 2 aliphatic rings. The summed E-state index contributed by atoms with van der Waals surface area (Å²) in [7, 11) is 0. The molecule has 1 N–H and O–H groups in total. The molecule has 0 spiro atoms. The molecule has 152 valence electrons. The number of anilines is 2. The van der Waals surface area contributed by atoms with Crippen LogP contribution in [0.25, 0.3) is 11.3 Å². The van der Waals surface area contributed by atoms with Gasteiger partial charge in [-0.05, 0) is 55.2 Å². The average Bonchev–Trinajstić information content (AvgIpc) is 3.61. The van der Waals surface area contributed by atoms with E-state index in [0.29, 0.717) is 18.6 Å². The Morgan fingerprint density at radius 1 is 1.00 bits per heavy atom. The third kappa shape index (κ3) is 4.69. The van der Waals surface area contributed by atoms with Gasteiger partial charge in [-0.1, -0.05) is 36.4 Å². The summed E-state index contributed by atoms with van der Waals surface area (Å²) in [6.45, 7) is 2.59. The number of hydrogen-bond donors (Lipinski definition) is 1. The van der Waals surface area contributed by atoms with Crippen molar-refractivity contribution in [3.05, 3.63) is 78.5 Å². The first-order chi connectivity index (χ1) is 14.8. The number of hydrogen-bond acceptors (Lipinski definition) is 5. The third-order valence-electron chi connectivity index (χ3n) is 5.48. The van der Waals surface area contributed by atoms with E-state index in [2.05, 4.69) is 51.6 Å². The minimum absolute atomic E-state index is 0.596. The van der Waals surface area contributed by atoms with Gasteiger partial charge in [-0.15, -0.1) is 0 Å². The monoisotopic (exact) mass is 398 g/mol. The van der Waals surface area contributed by atoms with Gasteiger partial charge in [-0.2, -0.15) is 0 Å². The lowest BCUT2D eigenvalue weighted by atomic mass is 10.1. The van der Waals surface area contributed by atoms with Crippen LogP contribution < -0.4 is 10.1 Å². The number of ether oxygens (including phenoxy) is 1. The number of nitrogens with one attached hydrogen (secondary N) is 1. The molecule has 6 bridgehead atoms. The van der Waals surface area contributed by atoms with E-state index in [-0.39, 0.29) is 0 Å². The van der Waals surface area contributed by atoms with Gasteiger partial charge in [0.15, 0.2) is 0 Å². The summed E-state index contributed by atoms with van der Waals surface area (Å²) >= 11 is 0. The van der Waals surface area contributed by atoms with Crippen molar-refractivity contribution >= 4 is 11.6 Å². The van der Waals surface area contributed by atoms with Crippen LogP contribution in [-0.2, 0) is 6.54 Å². The summed E-state index contributed by atoms with van der Waals surface area (Å²) in [5.41, 5.74) is 4.20. The van der Waals surface area contributed by atoms with Crippen molar-refractivity contribution in [2.24, 2.45) is 0 Å². The molecule has 0 amide bonds. The molecule has 2 aromatic carbocycles. The Morgan fingerprint density at radius 3 is 2.87 bits per heavy atom. The Hall–Kier alpha value is -3.18. The molecule has 2 heterocycles. The first kappa shape index (κ1) is 18.8. The van der Waals surface area contributed by atoms with Gasteiger partial charge in [0.2, 0.25) is 5.95 Å². The summed E-state index contributed by atoms with van der Waals surface area (Å²) < 4.78 is 5.96. The molecule has 1 aromatic heterocycles. The van der Waals surface area contributed by atoms with Gasteiger partial charge in [-0.3, -0.25) is 4.90 Å². The molecule has 1 saturated carbocycles. The molecular formula is C25H26N4O. The molecule has 5 rings (SSSR count). The van der Waals surface area contributed by atoms with E-state index in [9.17, 15) is 0 Å². The van der Waals surface area contributed by atoms with Crippen LogP contribution in [0.5, 0.6) is 5.75 Å². The maximum Gasteiger partial charge on any atom is 0.227 e. The fourth-order valence-electron chi connectivity index (χ4n) is 3.79. The molecule has 0 atom stereocenters. The molecular weight excluding hydrogens is 372 g/mol. The number of aromatic nitrogens is 2. The Morgan fingerprint density at radius 2 is 1.93 bits per heavy atom. The zero-order valence-corrected chi connectivity index (χ0v) is 17.0. The minimum Gasteiger partial charge on any atom is -0.493 e. The third-order valence-corrected chi connectivity index (χ3v) is 5.48. The number of rotatable bonds is 1. The number of nitrogens with zero attached hydrogens (tertiary/aromatic N) is 3. The first-order valence-corrected chi connectivity index (χ1v) is 10.6. The van der Waals surface area contributed by atoms with Crippen molar-refractivity contribution in [2.45, 2.75) is 31.8 Å². The largest absolute Gasteiger partial charge is 0.493 e. The molecule has 0 unspecified atom stereocenters. The summed E-state index contributed by atoms with van der Waals surface area (Å²) in [4.78, 5) is 11.7. The molecule has 1 aliphatic heterocycles. The van der Waals surface area contributed by atoms with Crippen LogP contribution in [0.3, 0.4) is 0 Å². The number of fused-ring (bicyclic) bond motifs is 7. The fourth-order valence-corrected chi connectivity index (χ4v) is 3.79.